The molecule has 0 radical (unpaired) electrons. The molecule has 3 heteroatoms. The predicted molar refractivity (Wildman–Crippen MR) is 86.2 cm³/mol. The molecule has 20 heavy (non-hydrogen) atoms. The largest absolute Gasteiger partial charge is 0.371 e. The fourth-order valence-corrected chi connectivity index (χ4v) is 2.42. The summed E-state index contributed by atoms with van der Waals surface area (Å²) in [5.41, 5.74) is 1.61. The van der Waals surface area contributed by atoms with Crippen LogP contribution in [-0.4, -0.2) is 36.0 Å². The zero-order valence-electron chi connectivity index (χ0n) is 13.0. The third-order valence-corrected chi connectivity index (χ3v) is 3.58. The summed E-state index contributed by atoms with van der Waals surface area (Å²) in [5.74, 6) is 0.0323. The van der Waals surface area contributed by atoms with Gasteiger partial charge in [-0.1, -0.05) is 32.8 Å². The van der Waals surface area contributed by atoms with Crippen molar-refractivity contribution in [1.29, 1.82) is 0 Å². The lowest BCUT2D eigenvalue weighted by Crippen LogP contribution is -2.27. The highest BCUT2D eigenvalue weighted by molar-refractivity contribution is 6.43. The quantitative estimate of drug-likeness (QED) is 0.546. The number of rotatable bonds is 6. The minimum Gasteiger partial charge on any atom is -0.371 e. The number of Topliss-reactive ketones (excluding diaryl/α,β-unsaturated/α-hetero) is 1. The summed E-state index contributed by atoms with van der Waals surface area (Å²) in [4.78, 5) is 18.4. The van der Waals surface area contributed by atoms with Gasteiger partial charge < -0.3 is 4.90 Å². The summed E-state index contributed by atoms with van der Waals surface area (Å²) in [6, 6.07) is 0. The van der Waals surface area contributed by atoms with Crippen LogP contribution in [0.5, 0.6) is 0 Å². The number of carbonyl (C=O) groups excluding carboxylic acids is 1. The number of aliphatic imine (C=N–C) groups is 1. The van der Waals surface area contributed by atoms with Crippen LogP contribution in [0.2, 0.25) is 0 Å². The van der Waals surface area contributed by atoms with E-state index in [0.29, 0.717) is 12.3 Å². The second-order valence-corrected chi connectivity index (χ2v) is 5.35. The first-order valence-electron chi connectivity index (χ1n) is 7.83. The molecule has 0 saturated carbocycles. The molecule has 0 N–H and O–H groups in total. The van der Waals surface area contributed by atoms with Gasteiger partial charge in [0.05, 0.1) is 0 Å². The van der Waals surface area contributed by atoms with E-state index in [-0.39, 0.29) is 5.78 Å². The number of likely N-dealkylation sites (tertiary alicyclic amines) is 1. The molecule has 1 aliphatic heterocycles. The first-order valence-corrected chi connectivity index (χ1v) is 7.83. The van der Waals surface area contributed by atoms with Crippen LogP contribution < -0.4 is 0 Å². The van der Waals surface area contributed by atoms with Gasteiger partial charge in [0.2, 0.25) is 0 Å². The Morgan fingerprint density at radius 3 is 2.30 bits per heavy atom. The number of carbonyl (C=O) groups is 1. The van der Waals surface area contributed by atoms with Crippen molar-refractivity contribution < 1.29 is 4.79 Å². The zero-order valence-corrected chi connectivity index (χ0v) is 13.0. The van der Waals surface area contributed by atoms with Crippen LogP contribution >= 0.6 is 0 Å². The van der Waals surface area contributed by atoms with Gasteiger partial charge in [0.25, 0.3) is 0 Å². The molecule has 1 rings (SSSR count). The van der Waals surface area contributed by atoms with Gasteiger partial charge >= 0.3 is 0 Å². The monoisotopic (exact) mass is 276 g/mol. The van der Waals surface area contributed by atoms with Crippen molar-refractivity contribution in [2.24, 2.45) is 4.99 Å². The molecule has 1 saturated heterocycles. The van der Waals surface area contributed by atoms with Crippen LogP contribution in [0.3, 0.4) is 0 Å². The van der Waals surface area contributed by atoms with Gasteiger partial charge in [0.15, 0.2) is 5.78 Å². The Kier molecular flexibility index (Phi) is 7.93. The number of allylic oxidation sites excluding steroid dienone is 2. The van der Waals surface area contributed by atoms with Crippen molar-refractivity contribution in [2.45, 2.75) is 52.4 Å². The summed E-state index contributed by atoms with van der Waals surface area (Å²) in [5, 5.41) is 0. The molecule has 1 aliphatic rings. The maximum absolute atomic E-state index is 11.7. The molecule has 112 valence electrons. The van der Waals surface area contributed by atoms with Crippen molar-refractivity contribution in [1.82, 2.24) is 4.90 Å². The third-order valence-electron chi connectivity index (χ3n) is 3.58. The topological polar surface area (TPSA) is 32.7 Å². The zero-order chi connectivity index (χ0) is 14.8. The number of ketones is 1. The summed E-state index contributed by atoms with van der Waals surface area (Å²) in [6.45, 7) is 10.4. The maximum atomic E-state index is 11.7. The predicted octanol–water partition coefficient (Wildman–Crippen LogP) is 3.76. The van der Waals surface area contributed by atoms with Crippen LogP contribution in [0, 0.1) is 0 Å². The van der Waals surface area contributed by atoms with Crippen molar-refractivity contribution in [3.05, 3.63) is 24.4 Å². The molecular formula is C17H28N2O. The van der Waals surface area contributed by atoms with Crippen LogP contribution in [0.4, 0.5) is 0 Å². The molecule has 0 bridgehead atoms. The standard InChI is InChI=1S/C17H28N2O/c1-4-11-18-17(15(3)20)14-16(5-2)19-12-9-7-6-8-10-13-19/h5,14H,2,4,6-13H2,1,3H3/b16-14+,18-17?. The molecule has 0 aromatic carbocycles. The minimum atomic E-state index is 0.0323. The molecule has 0 aromatic heterocycles. The van der Waals surface area contributed by atoms with Gasteiger partial charge in [-0.2, -0.15) is 0 Å². The van der Waals surface area contributed by atoms with E-state index in [4.69, 9.17) is 0 Å². The molecular weight excluding hydrogens is 248 g/mol. The van der Waals surface area contributed by atoms with Crippen LogP contribution in [0.15, 0.2) is 29.4 Å². The second-order valence-electron chi connectivity index (χ2n) is 5.35. The van der Waals surface area contributed by atoms with E-state index in [1.54, 1.807) is 6.92 Å². The summed E-state index contributed by atoms with van der Waals surface area (Å²) < 4.78 is 0. The number of hydrogen-bond donors (Lipinski definition) is 0. The highest BCUT2D eigenvalue weighted by Crippen LogP contribution is 2.15. The average molecular weight is 276 g/mol. The fourth-order valence-electron chi connectivity index (χ4n) is 2.42. The summed E-state index contributed by atoms with van der Waals surface area (Å²) in [7, 11) is 0. The summed E-state index contributed by atoms with van der Waals surface area (Å²) in [6.07, 6.45) is 11.1. The van der Waals surface area contributed by atoms with Crippen LogP contribution in [0.1, 0.15) is 52.4 Å². The number of hydrogen-bond acceptors (Lipinski definition) is 3. The SMILES string of the molecule is C=C/C(=C\C(=NCCC)C(C)=O)N1CCCCCCC1. The second kappa shape index (κ2) is 9.51. The van der Waals surface area contributed by atoms with Crippen LogP contribution in [-0.2, 0) is 4.79 Å². The Morgan fingerprint density at radius 2 is 1.80 bits per heavy atom. The number of nitrogens with zero attached hydrogens (tertiary/aromatic N) is 2. The van der Waals surface area contributed by atoms with Gasteiger partial charge in [-0.05, 0) is 31.4 Å². The first-order chi connectivity index (χ1) is 9.69. The highest BCUT2D eigenvalue weighted by Gasteiger charge is 2.11. The molecule has 0 spiro atoms. The van der Waals surface area contributed by atoms with Gasteiger partial charge in [0, 0.05) is 32.3 Å². The minimum absolute atomic E-state index is 0.0323. The molecule has 1 fully saturated rings. The molecule has 0 atom stereocenters. The molecule has 0 aliphatic carbocycles. The lowest BCUT2D eigenvalue weighted by Gasteiger charge is -2.27. The molecule has 0 aromatic rings. The van der Waals surface area contributed by atoms with E-state index in [2.05, 4.69) is 23.4 Å². The van der Waals surface area contributed by atoms with E-state index in [1.807, 2.05) is 12.2 Å². The van der Waals surface area contributed by atoms with Gasteiger partial charge in [0.1, 0.15) is 5.71 Å². The third kappa shape index (κ3) is 5.72. The lowest BCUT2D eigenvalue weighted by molar-refractivity contribution is -0.111. The molecule has 0 unspecified atom stereocenters. The Morgan fingerprint density at radius 1 is 1.20 bits per heavy atom. The van der Waals surface area contributed by atoms with Crippen molar-refractivity contribution >= 4 is 11.5 Å². The van der Waals surface area contributed by atoms with Crippen molar-refractivity contribution in [3.63, 3.8) is 0 Å². The maximum Gasteiger partial charge on any atom is 0.177 e. The Balaban J connectivity index is 2.86. The fraction of sp³-hybridized carbons (Fsp3) is 0.647. The van der Waals surface area contributed by atoms with E-state index < -0.39 is 0 Å². The van der Waals surface area contributed by atoms with Gasteiger partial charge in [-0.25, -0.2) is 0 Å². The lowest BCUT2D eigenvalue weighted by atomic mass is 10.1. The molecule has 1 heterocycles. The van der Waals surface area contributed by atoms with E-state index in [1.165, 1.54) is 32.1 Å². The Bertz CT molecular complexity index is 374. The Hall–Kier alpha value is -1.38. The normalized spacial score (nSPS) is 18.4. The van der Waals surface area contributed by atoms with Gasteiger partial charge in [-0.3, -0.25) is 9.79 Å². The first kappa shape index (κ1) is 16.7. The van der Waals surface area contributed by atoms with E-state index in [0.717, 1.165) is 25.2 Å². The van der Waals surface area contributed by atoms with Crippen molar-refractivity contribution in [2.75, 3.05) is 19.6 Å². The van der Waals surface area contributed by atoms with E-state index >= 15 is 0 Å². The Labute approximate surface area is 123 Å². The molecule has 3 nitrogen and oxygen atoms in total. The average Bonchev–Trinajstić information content (AvgIpc) is 2.39. The van der Waals surface area contributed by atoms with Crippen molar-refractivity contribution in [3.8, 4) is 0 Å². The van der Waals surface area contributed by atoms with E-state index in [9.17, 15) is 4.79 Å². The smallest absolute Gasteiger partial charge is 0.177 e. The summed E-state index contributed by atoms with van der Waals surface area (Å²) >= 11 is 0. The van der Waals surface area contributed by atoms with Gasteiger partial charge in [-0.15, -0.1) is 0 Å². The highest BCUT2D eigenvalue weighted by atomic mass is 16.1. The van der Waals surface area contributed by atoms with Crippen LogP contribution in [0.25, 0.3) is 0 Å². The molecule has 0 amide bonds.